The van der Waals surface area contributed by atoms with Gasteiger partial charge in [-0.3, -0.25) is 0 Å². The maximum atomic E-state index is 8.51. The molecule has 0 heterocycles. The number of nitrogens with zero attached hydrogens (tertiary/aromatic N) is 1. The normalized spacial score (nSPS) is 5.62. The van der Waals surface area contributed by atoms with Crippen molar-refractivity contribution >= 4 is 46.4 Å². The van der Waals surface area contributed by atoms with Gasteiger partial charge in [0.1, 0.15) is 0 Å². The van der Waals surface area contributed by atoms with Crippen LogP contribution >= 0.6 is 8.69 Å². The van der Waals surface area contributed by atoms with E-state index in [0.717, 1.165) is 0 Å². The van der Waals surface area contributed by atoms with E-state index in [9.17, 15) is 0 Å². The van der Waals surface area contributed by atoms with Crippen LogP contribution in [0.2, 0.25) is 0 Å². The van der Waals surface area contributed by atoms with Crippen LogP contribution < -0.4 is 0 Å². The summed E-state index contributed by atoms with van der Waals surface area (Å²) in [5, 5.41) is 13.6. The molecule has 0 rings (SSSR count). The molecule has 8 heteroatoms. The van der Waals surface area contributed by atoms with Crippen LogP contribution in [-0.4, -0.2) is 52.9 Å². The standard InChI is InChI=1S/Ca.HNO3.HO2P.2H/c;2-1(3)4;1-3-2;;/h;(H,2,3,4);3H;;/q+2;;;2*-1/p+1. The Bertz CT molecular complexity index is 66.7. The van der Waals surface area contributed by atoms with Gasteiger partial charge in [-0.25, -0.2) is 0 Å². The van der Waals surface area contributed by atoms with Crippen LogP contribution in [0, 0.1) is 10.1 Å². The summed E-state index contributed by atoms with van der Waals surface area (Å²) in [6.45, 7) is 0. The van der Waals surface area contributed by atoms with Crippen molar-refractivity contribution in [2.24, 2.45) is 0 Å². The molecule has 0 aliphatic heterocycles. The molecule has 0 spiro atoms. The van der Waals surface area contributed by atoms with Crippen molar-refractivity contribution in [3.05, 3.63) is 10.1 Å². The molecule has 0 aromatic carbocycles. The van der Waals surface area contributed by atoms with E-state index in [1.54, 1.807) is 0 Å². The van der Waals surface area contributed by atoms with Crippen molar-refractivity contribution in [1.82, 2.24) is 0 Å². The minimum absolute atomic E-state index is 0. The Morgan fingerprint density at radius 3 is 1.75 bits per heavy atom. The Morgan fingerprint density at radius 1 is 1.75 bits per heavy atom. The fraction of sp³-hybridized carbons (Fsp3) is 0. The fourth-order valence-electron chi connectivity index (χ4n) is 0. The molecule has 6 nitrogen and oxygen atoms in total. The molecule has 0 aliphatic carbocycles. The Labute approximate surface area is 78.9 Å². The molecule has 8 heavy (non-hydrogen) atoms. The van der Waals surface area contributed by atoms with E-state index in [1.165, 1.54) is 0 Å². The average molecular weight is 170 g/mol. The van der Waals surface area contributed by atoms with Gasteiger partial charge in [-0.05, 0) is 4.57 Å². The van der Waals surface area contributed by atoms with E-state index in [0.29, 0.717) is 0 Å². The molecule has 0 saturated carbocycles. The first-order valence-corrected chi connectivity index (χ1v) is 1.85. The predicted octanol–water partition coefficient (Wildman–Crippen LogP) is -0.586. The minimum Gasteiger partial charge on any atom is -1.00 e. The first-order valence-electron chi connectivity index (χ1n) is 0.993. The first kappa shape index (κ1) is 15.8. The van der Waals surface area contributed by atoms with Crippen molar-refractivity contribution in [1.29, 1.82) is 0 Å². The Morgan fingerprint density at radius 2 is 1.75 bits per heavy atom. The summed E-state index contributed by atoms with van der Waals surface area (Å²) in [4.78, 5) is 15.4. The van der Waals surface area contributed by atoms with Gasteiger partial charge in [-0.1, -0.05) is 0 Å². The maximum Gasteiger partial charge on any atom is 2.00 e. The largest absolute Gasteiger partial charge is 2.00 e. The van der Waals surface area contributed by atoms with Gasteiger partial charge in [-0.15, -0.1) is 10.1 Å². The van der Waals surface area contributed by atoms with Crippen molar-refractivity contribution in [2.45, 2.75) is 0 Å². The van der Waals surface area contributed by atoms with E-state index in [4.69, 9.17) is 24.8 Å². The van der Waals surface area contributed by atoms with Gasteiger partial charge in [0.15, 0.2) is 0 Å². The SMILES string of the molecule is O=[N+]([O-])O.O=[PH+]O.[Ca+2].[H-].[H-]. The van der Waals surface area contributed by atoms with E-state index in [2.05, 4.69) is 0 Å². The van der Waals surface area contributed by atoms with E-state index < -0.39 is 13.8 Å². The summed E-state index contributed by atoms with van der Waals surface area (Å²) in [6, 6.07) is 0. The first-order chi connectivity index (χ1) is 3.15. The molecule has 1 unspecified atom stereocenters. The summed E-state index contributed by atoms with van der Waals surface area (Å²) >= 11 is 0. The number of hydrogen-bond donors (Lipinski definition) is 2. The van der Waals surface area contributed by atoms with Gasteiger partial charge < -0.3 is 8.06 Å². The monoisotopic (exact) mass is 170 g/mol. The zero-order valence-electron chi connectivity index (χ0n) is 5.77. The predicted molar refractivity (Wildman–Crippen MR) is 28.0 cm³/mol. The van der Waals surface area contributed by atoms with Crippen LogP contribution in [-0.2, 0) is 4.57 Å². The quantitative estimate of drug-likeness (QED) is 0.219. The molecule has 2 N–H and O–H groups in total. The molecular weight excluding hydrogens is 165 g/mol. The van der Waals surface area contributed by atoms with Gasteiger partial charge in [0.25, 0.3) is 5.09 Å². The van der Waals surface area contributed by atoms with E-state index >= 15 is 0 Å². The minimum atomic E-state index is -1.50. The van der Waals surface area contributed by atoms with Crippen molar-refractivity contribution in [3.8, 4) is 0 Å². The second-order valence-electron chi connectivity index (χ2n) is 0.329. The topological polar surface area (TPSA) is 101 Å². The Kier molecular flexibility index (Phi) is 30.9. The van der Waals surface area contributed by atoms with E-state index in [-0.39, 0.29) is 40.6 Å². The molecule has 0 saturated heterocycles. The van der Waals surface area contributed by atoms with Crippen LogP contribution in [0.3, 0.4) is 0 Å². The summed E-state index contributed by atoms with van der Waals surface area (Å²) in [6.07, 6.45) is 0. The van der Waals surface area contributed by atoms with Crippen molar-refractivity contribution in [3.63, 3.8) is 0 Å². The zero-order valence-corrected chi connectivity index (χ0v) is 6.98. The smallest absolute Gasteiger partial charge is 1.00 e. The molecule has 0 aromatic heterocycles. The summed E-state index contributed by atoms with van der Waals surface area (Å²) in [7, 11) is -1.17. The molecule has 0 fully saturated rings. The molecule has 0 bridgehead atoms. The Hall–Kier alpha value is 0.520. The second-order valence-corrected chi connectivity index (χ2v) is 0.512. The molecule has 0 aromatic rings. The fourth-order valence-corrected chi connectivity index (χ4v) is 0. The van der Waals surface area contributed by atoms with Gasteiger partial charge in [0, 0.05) is 0 Å². The van der Waals surface area contributed by atoms with Crippen LogP contribution in [0.1, 0.15) is 2.85 Å². The van der Waals surface area contributed by atoms with E-state index in [1.807, 2.05) is 0 Å². The molecular formula is H5CaNO5P+. The van der Waals surface area contributed by atoms with Gasteiger partial charge in [0.05, 0.1) is 0 Å². The number of hydrogen-bond acceptors (Lipinski definition) is 3. The maximum absolute atomic E-state index is 8.51. The second kappa shape index (κ2) is 15.6. The summed E-state index contributed by atoms with van der Waals surface area (Å²) in [5.74, 6) is 0. The third-order valence-electron chi connectivity index (χ3n) is 0. The molecule has 46 valence electrons. The van der Waals surface area contributed by atoms with Crippen LogP contribution in [0.15, 0.2) is 0 Å². The third kappa shape index (κ3) is 735. The number of rotatable bonds is 0. The van der Waals surface area contributed by atoms with Crippen molar-refractivity contribution < 1.29 is 22.6 Å². The molecule has 0 amide bonds. The van der Waals surface area contributed by atoms with Gasteiger partial charge in [0.2, 0.25) is 0 Å². The zero-order chi connectivity index (χ0) is 6.28. The van der Waals surface area contributed by atoms with Crippen LogP contribution in [0.4, 0.5) is 0 Å². The summed E-state index contributed by atoms with van der Waals surface area (Å²) < 4.78 is 8.51. The molecule has 0 aliphatic rings. The third-order valence-corrected chi connectivity index (χ3v) is 0. The van der Waals surface area contributed by atoms with Crippen LogP contribution in [0.5, 0.6) is 0 Å². The molecule has 1 atom stereocenters. The van der Waals surface area contributed by atoms with Gasteiger partial charge in [-0.2, -0.15) is 4.89 Å². The Balaban J connectivity index is -0.0000000131. The summed E-state index contributed by atoms with van der Waals surface area (Å²) in [5.41, 5.74) is 0. The van der Waals surface area contributed by atoms with Gasteiger partial charge >= 0.3 is 46.4 Å². The van der Waals surface area contributed by atoms with Crippen molar-refractivity contribution in [2.75, 3.05) is 0 Å². The van der Waals surface area contributed by atoms with Crippen LogP contribution in [0.25, 0.3) is 0 Å². The average Bonchev–Trinajstić information content (AvgIpc) is 1.33. The molecule has 0 radical (unpaired) electrons.